The van der Waals surface area contributed by atoms with Crippen molar-refractivity contribution in [2.75, 3.05) is 0 Å². The Morgan fingerprint density at radius 3 is 2.79 bits per heavy atom. The van der Waals surface area contributed by atoms with Crippen LogP contribution in [0.2, 0.25) is 0 Å². The number of alkyl carbamates (subject to hydrolysis) is 1. The lowest BCUT2D eigenvalue weighted by Gasteiger charge is -2.10. The van der Waals surface area contributed by atoms with Crippen molar-refractivity contribution in [2.45, 2.75) is 26.5 Å². The molecule has 6 nitrogen and oxygen atoms in total. The number of rotatable bonds is 4. The van der Waals surface area contributed by atoms with Crippen molar-refractivity contribution in [3.05, 3.63) is 35.1 Å². The molecule has 0 atom stereocenters. The number of carbonyl (C=O) groups is 1. The van der Waals surface area contributed by atoms with Crippen LogP contribution in [-0.2, 0) is 11.3 Å². The fraction of sp³-hybridized carbons (Fsp3) is 0.333. The largest absolute Gasteiger partial charge is 0.447 e. The number of hydrogen-bond donors (Lipinski definition) is 3. The summed E-state index contributed by atoms with van der Waals surface area (Å²) >= 11 is 0. The number of hydrogen-bond acceptors (Lipinski definition) is 4. The van der Waals surface area contributed by atoms with E-state index in [2.05, 4.69) is 10.5 Å². The van der Waals surface area contributed by atoms with Crippen LogP contribution in [0.4, 0.5) is 9.18 Å². The fourth-order valence-corrected chi connectivity index (χ4v) is 1.33. The molecular formula is C12H16FN3O3. The lowest BCUT2D eigenvalue weighted by molar-refractivity contribution is 0.115. The van der Waals surface area contributed by atoms with E-state index in [1.807, 2.05) is 0 Å². The number of nitrogens with two attached hydrogens (primary N) is 1. The number of nitrogens with zero attached hydrogens (tertiary/aromatic N) is 1. The van der Waals surface area contributed by atoms with E-state index < -0.39 is 11.9 Å². The summed E-state index contributed by atoms with van der Waals surface area (Å²) in [7, 11) is 0. The maximum absolute atomic E-state index is 13.7. The normalized spacial score (nSPS) is 11.5. The molecule has 0 spiro atoms. The van der Waals surface area contributed by atoms with E-state index in [-0.39, 0.29) is 29.6 Å². The van der Waals surface area contributed by atoms with Gasteiger partial charge in [-0.05, 0) is 19.9 Å². The Bertz CT molecular complexity index is 489. The van der Waals surface area contributed by atoms with E-state index in [4.69, 9.17) is 15.7 Å². The summed E-state index contributed by atoms with van der Waals surface area (Å²) in [6.07, 6.45) is -0.859. The first-order valence-corrected chi connectivity index (χ1v) is 5.65. The lowest BCUT2D eigenvalue weighted by atomic mass is 10.1. The van der Waals surface area contributed by atoms with Crippen molar-refractivity contribution in [3.8, 4) is 0 Å². The third kappa shape index (κ3) is 4.46. The zero-order valence-corrected chi connectivity index (χ0v) is 10.7. The van der Waals surface area contributed by atoms with Crippen molar-refractivity contribution < 1.29 is 19.1 Å². The molecule has 19 heavy (non-hydrogen) atoms. The maximum atomic E-state index is 13.7. The van der Waals surface area contributed by atoms with Gasteiger partial charge in [-0.25, -0.2) is 9.18 Å². The molecule has 0 saturated carbocycles. The Morgan fingerprint density at radius 1 is 1.58 bits per heavy atom. The predicted molar refractivity (Wildman–Crippen MR) is 67.4 cm³/mol. The van der Waals surface area contributed by atoms with Crippen LogP contribution >= 0.6 is 0 Å². The van der Waals surface area contributed by atoms with Crippen LogP contribution in [0.3, 0.4) is 0 Å². The number of halogens is 1. The molecule has 0 fully saturated rings. The topological polar surface area (TPSA) is 96.9 Å². The van der Waals surface area contributed by atoms with Crippen LogP contribution in [0, 0.1) is 5.82 Å². The average molecular weight is 269 g/mol. The summed E-state index contributed by atoms with van der Waals surface area (Å²) in [6, 6.07) is 4.06. The van der Waals surface area contributed by atoms with Gasteiger partial charge in [-0.1, -0.05) is 17.3 Å². The van der Waals surface area contributed by atoms with Crippen LogP contribution in [0.5, 0.6) is 0 Å². The van der Waals surface area contributed by atoms with Gasteiger partial charge in [0.25, 0.3) is 0 Å². The third-order valence-electron chi connectivity index (χ3n) is 2.22. The molecule has 0 aliphatic heterocycles. The van der Waals surface area contributed by atoms with Crippen LogP contribution in [0.1, 0.15) is 25.0 Å². The van der Waals surface area contributed by atoms with Crippen LogP contribution in [0.15, 0.2) is 23.4 Å². The Labute approximate surface area is 110 Å². The van der Waals surface area contributed by atoms with Crippen LogP contribution < -0.4 is 11.1 Å². The van der Waals surface area contributed by atoms with E-state index in [1.54, 1.807) is 13.8 Å². The quantitative estimate of drug-likeness (QED) is 0.334. The SMILES string of the molecule is CC(C)OC(=O)NCc1ccc(C(N)=NO)cc1F. The zero-order chi connectivity index (χ0) is 14.4. The minimum Gasteiger partial charge on any atom is -0.447 e. The molecule has 0 bridgehead atoms. The highest BCUT2D eigenvalue weighted by molar-refractivity contribution is 5.97. The van der Waals surface area contributed by atoms with Crippen molar-refractivity contribution in [1.82, 2.24) is 5.32 Å². The fourth-order valence-electron chi connectivity index (χ4n) is 1.33. The van der Waals surface area contributed by atoms with E-state index in [9.17, 15) is 9.18 Å². The van der Waals surface area contributed by atoms with Gasteiger partial charge in [0, 0.05) is 17.7 Å². The van der Waals surface area contributed by atoms with E-state index in [0.717, 1.165) is 6.07 Å². The van der Waals surface area contributed by atoms with Gasteiger partial charge in [0.15, 0.2) is 5.84 Å². The van der Waals surface area contributed by atoms with Gasteiger partial charge in [-0.15, -0.1) is 0 Å². The number of carbonyl (C=O) groups excluding carboxylic acids is 1. The first-order chi connectivity index (χ1) is 8.93. The molecule has 0 aliphatic carbocycles. The van der Waals surface area contributed by atoms with Gasteiger partial charge in [-0.2, -0.15) is 0 Å². The third-order valence-corrected chi connectivity index (χ3v) is 2.22. The van der Waals surface area contributed by atoms with Gasteiger partial charge >= 0.3 is 6.09 Å². The molecule has 0 aromatic heterocycles. The molecule has 0 radical (unpaired) electrons. The second kappa shape index (κ2) is 6.58. The van der Waals surface area contributed by atoms with Crippen molar-refractivity contribution in [3.63, 3.8) is 0 Å². The van der Waals surface area contributed by atoms with Gasteiger partial charge < -0.3 is 21.0 Å². The summed E-state index contributed by atoms with van der Waals surface area (Å²) in [5.74, 6) is -0.744. The molecule has 1 rings (SSSR count). The van der Waals surface area contributed by atoms with Crippen LogP contribution in [-0.4, -0.2) is 23.2 Å². The smallest absolute Gasteiger partial charge is 0.407 e. The highest BCUT2D eigenvalue weighted by Crippen LogP contribution is 2.10. The molecule has 1 amide bonds. The van der Waals surface area contributed by atoms with Crippen LogP contribution in [0.25, 0.3) is 0 Å². The molecule has 1 aromatic carbocycles. The van der Waals surface area contributed by atoms with E-state index in [1.165, 1.54) is 12.1 Å². The lowest BCUT2D eigenvalue weighted by Crippen LogP contribution is -2.26. The summed E-state index contributed by atoms with van der Waals surface area (Å²) < 4.78 is 18.5. The molecule has 0 unspecified atom stereocenters. The summed E-state index contributed by atoms with van der Waals surface area (Å²) in [5, 5.41) is 13.7. The van der Waals surface area contributed by atoms with Gasteiger partial charge in [0.2, 0.25) is 0 Å². The monoisotopic (exact) mass is 269 g/mol. The Balaban J connectivity index is 2.68. The molecule has 0 saturated heterocycles. The highest BCUT2D eigenvalue weighted by atomic mass is 19.1. The maximum Gasteiger partial charge on any atom is 0.407 e. The number of benzene rings is 1. The van der Waals surface area contributed by atoms with Crippen molar-refractivity contribution in [2.24, 2.45) is 10.9 Å². The summed E-state index contributed by atoms with van der Waals surface area (Å²) in [4.78, 5) is 11.2. The van der Waals surface area contributed by atoms with Crippen molar-refractivity contribution >= 4 is 11.9 Å². The standard InChI is InChI=1S/C12H16FN3O3/c1-7(2)19-12(17)15-6-9-4-3-8(5-10(9)13)11(14)16-18/h3-5,7,18H,6H2,1-2H3,(H2,14,16)(H,15,17). The number of nitrogens with one attached hydrogen (secondary N) is 1. The molecule has 0 heterocycles. The predicted octanol–water partition coefficient (Wildman–Crippen LogP) is 1.55. The van der Waals surface area contributed by atoms with E-state index >= 15 is 0 Å². The first-order valence-electron chi connectivity index (χ1n) is 5.65. The molecule has 7 heteroatoms. The zero-order valence-electron chi connectivity index (χ0n) is 10.7. The number of oxime groups is 1. The number of amides is 1. The van der Waals surface area contributed by atoms with E-state index in [0.29, 0.717) is 0 Å². The summed E-state index contributed by atoms with van der Waals surface area (Å²) in [6.45, 7) is 3.42. The molecular weight excluding hydrogens is 253 g/mol. The van der Waals surface area contributed by atoms with Gasteiger partial charge in [-0.3, -0.25) is 0 Å². The highest BCUT2D eigenvalue weighted by Gasteiger charge is 2.09. The van der Waals surface area contributed by atoms with Gasteiger partial charge in [0.05, 0.1) is 6.10 Å². The molecule has 104 valence electrons. The molecule has 0 aliphatic rings. The number of amidine groups is 1. The molecule has 4 N–H and O–H groups in total. The molecule has 1 aromatic rings. The first kappa shape index (κ1) is 14.7. The van der Waals surface area contributed by atoms with Crippen molar-refractivity contribution in [1.29, 1.82) is 0 Å². The Hall–Kier alpha value is -2.31. The Morgan fingerprint density at radius 2 is 2.26 bits per heavy atom. The minimum atomic E-state index is -0.616. The Kier molecular flexibility index (Phi) is 5.11. The number of ether oxygens (including phenoxy) is 1. The summed E-state index contributed by atoms with van der Waals surface area (Å²) in [5.41, 5.74) is 5.87. The minimum absolute atomic E-state index is 0.00611. The van der Waals surface area contributed by atoms with Gasteiger partial charge in [0.1, 0.15) is 5.82 Å². The second-order valence-electron chi connectivity index (χ2n) is 4.10. The second-order valence-corrected chi connectivity index (χ2v) is 4.10. The average Bonchev–Trinajstić information content (AvgIpc) is 2.35.